The van der Waals surface area contributed by atoms with E-state index in [4.69, 9.17) is 4.74 Å². The van der Waals surface area contributed by atoms with Crippen molar-refractivity contribution in [3.05, 3.63) is 76.4 Å². The zero-order valence-corrected chi connectivity index (χ0v) is 20.3. The van der Waals surface area contributed by atoms with E-state index in [0.717, 1.165) is 50.4 Å². The first-order valence-corrected chi connectivity index (χ1v) is 12.1. The molecule has 0 aliphatic carbocycles. The minimum atomic E-state index is -0.623. The summed E-state index contributed by atoms with van der Waals surface area (Å²) in [6, 6.07) is 14.8. The Labute approximate surface area is 201 Å². The van der Waals surface area contributed by atoms with Gasteiger partial charge in [-0.1, -0.05) is 67.9 Å². The largest absolute Gasteiger partial charge is 0.507 e. The maximum absolute atomic E-state index is 13.2. The van der Waals surface area contributed by atoms with Crippen molar-refractivity contribution in [3.8, 4) is 0 Å². The second kappa shape index (κ2) is 10.5. The van der Waals surface area contributed by atoms with Crippen LogP contribution >= 0.6 is 0 Å². The number of rotatable bonds is 7. The summed E-state index contributed by atoms with van der Waals surface area (Å²) in [4.78, 5) is 30.3. The Morgan fingerprint density at radius 2 is 1.65 bits per heavy atom. The molecule has 6 heteroatoms. The molecule has 2 aromatic carbocycles. The van der Waals surface area contributed by atoms with Crippen LogP contribution in [0.3, 0.4) is 0 Å². The maximum Gasteiger partial charge on any atom is 0.295 e. The first-order valence-electron chi connectivity index (χ1n) is 12.1. The van der Waals surface area contributed by atoms with Crippen molar-refractivity contribution in [1.82, 2.24) is 9.80 Å². The van der Waals surface area contributed by atoms with E-state index in [1.165, 1.54) is 5.56 Å². The number of carbonyl (C=O) groups is 2. The molecule has 2 fully saturated rings. The number of aliphatic hydroxyl groups excluding tert-OH is 1. The fourth-order valence-corrected chi connectivity index (χ4v) is 4.68. The Morgan fingerprint density at radius 1 is 1.00 bits per heavy atom. The van der Waals surface area contributed by atoms with Gasteiger partial charge in [-0.3, -0.25) is 14.5 Å². The third-order valence-electron chi connectivity index (χ3n) is 6.76. The molecule has 0 bridgehead atoms. The number of amides is 1. The normalized spacial score (nSPS) is 20.9. The van der Waals surface area contributed by atoms with Gasteiger partial charge in [0.1, 0.15) is 5.76 Å². The van der Waals surface area contributed by atoms with Gasteiger partial charge in [0.05, 0.1) is 24.8 Å². The van der Waals surface area contributed by atoms with Crippen LogP contribution in [-0.2, 0) is 14.3 Å². The molecule has 2 heterocycles. The number of Topliss-reactive ketones (excluding diaryl/α,β-unsaturated/α-hetero) is 1. The summed E-state index contributed by atoms with van der Waals surface area (Å²) < 4.78 is 5.42. The minimum Gasteiger partial charge on any atom is -0.507 e. The Hall–Kier alpha value is -2.96. The van der Waals surface area contributed by atoms with Crippen molar-refractivity contribution in [2.75, 3.05) is 39.4 Å². The number of likely N-dealkylation sites (tertiary alicyclic amines) is 1. The van der Waals surface area contributed by atoms with Crippen molar-refractivity contribution >= 4 is 17.4 Å². The summed E-state index contributed by atoms with van der Waals surface area (Å²) in [7, 11) is 0. The van der Waals surface area contributed by atoms with Crippen molar-refractivity contribution < 1.29 is 19.4 Å². The molecular formula is C28H34N2O4. The molecule has 6 nitrogen and oxygen atoms in total. The number of hydrogen-bond donors (Lipinski definition) is 1. The quantitative estimate of drug-likeness (QED) is 0.378. The molecule has 2 aliphatic rings. The highest BCUT2D eigenvalue weighted by Gasteiger charge is 2.45. The van der Waals surface area contributed by atoms with Crippen LogP contribution in [0.1, 0.15) is 54.5 Å². The molecule has 0 spiro atoms. The Balaban J connectivity index is 1.67. The van der Waals surface area contributed by atoms with Crippen LogP contribution in [0, 0.1) is 6.92 Å². The molecule has 2 saturated heterocycles. The van der Waals surface area contributed by atoms with E-state index in [1.807, 2.05) is 43.3 Å². The molecule has 0 radical (unpaired) electrons. The Morgan fingerprint density at radius 3 is 2.26 bits per heavy atom. The van der Waals surface area contributed by atoms with Crippen LogP contribution in [-0.4, -0.2) is 66.0 Å². The monoisotopic (exact) mass is 462 g/mol. The van der Waals surface area contributed by atoms with Gasteiger partial charge in [-0.05, 0) is 30.4 Å². The van der Waals surface area contributed by atoms with E-state index in [9.17, 15) is 14.7 Å². The second-order valence-corrected chi connectivity index (χ2v) is 9.49. The minimum absolute atomic E-state index is 0.119. The van der Waals surface area contributed by atoms with Crippen molar-refractivity contribution in [2.24, 2.45) is 0 Å². The van der Waals surface area contributed by atoms with Gasteiger partial charge in [-0.2, -0.15) is 0 Å². The zero-order valence-electron chi connectivity index (χ0n) is 20.3. The summed E-state index contributed by atoms with van der Waals surface area (Å²) >= 11 is 0. The number of hydrogen-bond acceptors (Lipinski definition) is 5. The number of carbonyl (C=O) groups excluding carboxylic acids is 2. The van der Waals surface area contributed by atoms with Gasteiger partial charge < -0.3 is 14.7 Å². The maximum atomic E-state index is 13.2. The first-order chi connectivity index (χ1) is 16.4. The highest BCUT2D eigenvalue weighted by Crippen LogP contribution is 2.39. The van der Waals surface area contributed by atoms with Crippen LogP contribution in [0.15, 0.2) is 54.1 Å². The van der Waals surface area contributed by atoms with Crippen molar-refractivity contribution in [3.63, 3.8) is 0 Å². The molecule has 2 aromatic rings. The zero-order chi connectivity index (χ0) is 24.2. The lowest BCUT2D eigenvalue weighted by Gasteiger charge is -2.29. The number of aryl methyl sites for hydroxylation is 1. The smallest absolute Gasteiger partial charge is 0.295 e. The molecule has 2 aliphatic heterocycles. The fourth-order valence-electron chi connectivity index (χ4n) is 4.68. The summed E-state index contributed by atoms with van der Waals surface area (Å²) in [5, 5.41) is 11.2. The molecular weight excluding hydrogens is 428 g/mol. The molecule has 180 valence electrons. The lowest BCUT2D eigenvalue weighted by atomic mass is 9.93. The number of ether oxygens (including phenoxy) is 1. The highest BCUT2D eigenvalue weighted by atomic mass is 16.5. The predicted octanol–water partition coefficient (Wildman–Crippen LogP) is 4.26. The Bertz CT molecular complexity index is 1050. The van der Waals surface area contributed by atoms with Crippen LogP contribution in [0.2, 0.25) is 0 Å². The number of ketones is 1. The summed E-state index contributed by atoms with van der Waals surface area (Å²) in [6.45, 7) is 10.7. The van der Waals surface area contributed by atoms with Gasteiger partial charge in [0.15, 0.2) is 0 Å². The lowest BCUT2D eigenvalue weighted by Crippen LogP contribution is -2.38. The third-order valence-corrected chi connectivity index (χ3v) is 6.76. The molecule has 0 aromatic heterocycles. The molecule has 1 atom stereocenters. The van der Waals surface area contributed by atoms with Crippen LogP contribution in [0.4, 0.5) is 0 Å². The van der Waals surface area contributed by atoms with Gasteiger partial charge in [0.2, 0.25) is 0 Å². The van der Waals surface area contributed by atoms with E-state index >= 15 is 0 Å². The first kappa shape index (κ1) is 24.2. The summed E-state index contributed by atoms with van der Waals surface area (Å²) in [5.74, 6) is -0.913. The standard InChI is InChI=1S/C28H34N2O4/c1-19(2)21-9-11-22(12-10-21)25-24(26(31)23-7-5-20(3)6-8-23)27(32)28(33)30(25)14-4-13-29-15-17-34-18-16-29/h5-12,19,25,31H,4,13-18H2,1-3H3/b26-24+/t25-/m0/s1. The van der Waals surface area contributed by atoms with Crippen LogP contribution in [0.25, 0.3) is 5.76 Å². The lowest BCUT2D eigenvalue weighted by molar-refractivity contribution is -0.140. The van der Waals surface area contributed by atoms with Crippen molar-refractivity contribution in [2.45, 2.75) is 39.2 Å². The molecule has 4 rings (SSSR count). The summed E-state index contributed by atoms with van der Waals surface area (Å²) in [5.41, 5.74) is 3.79. The predicted molar refractivity (Wildman–Crippen MR) is 133 cm³/mol. The average Bonchev–Trinajstić information content (AvgIpc) is 3.10. The number of benzene rings is 2. The van der Waals surface area contributed by atoms with Crippen molar-refractivity contribution in [1.29, 1.82) is 0 Å². The van der Waals surface area contributed by atoms with Gasteiger partial charge in [-0.15, -0.1) is 0 Å². The number of aliphatic hydroxyl groups is 1. The fraction of sp³-hybridized carbons (Fsp3) is 0.429. The molecule has 34 heavy (non-hydrogen) atoms. The molecule has 1 N–H and O–H groups in total. The Kier molecular flexibility index (Phi) is 7.49. The van der Waals surface area contributed by atoms with E-state index in [-0.39, 0.29) is 11.3 Å². The SMILES string of the molecule is Cc1ccc(/C(O)=C2\C(=O)C(=O)N(CCCN3CCOCC3)[C@H]2c2ccc(C(C)C)cc2)cc1. The van der Waals surface area contributed by atoms with E-state index < -0.39 is 17.7 Å². The van der Waals surface area contributed by atoms with Crippen LogP contribution in [0.5, 0.6) is 0 Å². The summed E-state index contributed by atoms with van der Waals surface area (Å²) in [6.07, 6.45) is 0.748. The van der Waals surface area contributed by atoms with Gasteiger partial charge in [-0.25, -0.2) is 0 Å². The van der Waals surface area contributed by atoms with Gasteiger partial charge in [0, 0.05) is 31.7 Å². The van der Waals surface area contributed by atoms with E-state index in [0.29, 0.717) is 18.0 Å². The van der Waals surface area contributed by atoms with E-state index in [2.05, 4.69) is 18.7 Å². The number of morpholine rings is 1. The molecule has 1 amide bonds. The van der Waals surface area contributed by atoms with Gasteiger partial charge >= 0.3 is 0 Å². The second-order valence-electron chi connectivity index (χ2n) is 9.49. The molecule has 0 saturated carbocycles. The third kappa shape index (κ3) is 5.08. The topological polar surface area (TPSA) is 70.1 Å². The number of nitrogens with zero attached hydrogens (tertiary/aromatic N) is 2. The van der Waals surface area contributed by atoms with Gasteiger partial charge in [0.25, 0.3) is 11.7 Å². The molecule has 0 unspecified atom stereocenters. The van der Waals surface area contributed by atoms with Crippen LogP contribution < -0.4 is 0 Å². The highest BCUT2D eigenvalue weighted by molar-refractivity contribution is 6.46. The average molecular weight is 463 g/mol. The van der Waals surface area contributed by atoms with E-state index in [1.54, 1.807) is 17.0 Å².